The van der Waals surface area contributed by atoms with Crippen LogP contribution < -0.4 is 10.1 Å². The molecule has 0 spiro atoms. The van der Waals surface area contributed by atoms with E-state index in [1.165, 1.54) is 0 Å². The zero-order valence-electron chi connectivity index (χ0n) is 12.9. The van der Waals surface area contributed by atoms with E-state index < -0.39 is 0 Å². The molecular formula is C17H27NO3. The van der Waals surface area contributed by atoms with Gasteiger partial charge in [0, 0.05) is 18.9 Å². The van der Waals surface area contributed by atoms with Crippen molar-refractivity contribution in [2.24, 2.45) is 0 Å². The number of hydrogen-bond donors (Lipinski definition) is 2. The van der Waals surface area contributed by atoms with Crippen LogP contribution in [-0.2, 0) is 4.74 Å². The predicted octanol–water partition coefficient (Wildman–Crippen LogP) is 3.21. The van der Waals surface area contributed by atoms with E-state index in [-0.39, 0.29) is 6.61 Å². The fourth-order valence-corrected chi connectivity index (χ4v) is 2.83. The summed E-state index contributed by atoms with van der Waals surface area (Å²) in [7, 11) is 1.68. The summed E-state index contributed by atoms with van der Waals surface area (Å²) in [6.07, 6.45) is 6.76. The Labute approximate surface area is 127 Å². The maximum Gasteiger partial charge on any atom is 0.119 e. The lowest BCUT2D eigenvalue weighted by molar-refractivity contribution is 0.0922. The molecule has 0 saturated carbocycles. The smallest absolute Gasteiger partial charge is 0.119 e. The maximum atomic E-state index is 8.88. The van der Waals surface area contributed by atoms with E-state index >= 15 is 0 Å². The van der Waals surface area contributed by atoms with Crippen LogP contribution in [0.5, 0.6) is 5.75 Å². The van der Waals surface area contributed by atoms with Crippen LogP contribution in [0.25, 0.3) is 0 Å². The van der Waals surface area contributed by atoms with Crippen LogP contribution >= 0.6 is 0 Å². The number of unbranched alkanes of at least 4 members (excludes halogenated alkanes) is 2. The number of benzene rings is 1. The Morgan fingerprint density at radius 3 is 2.71 bits per heavy atom. The van der Waals surface area contributed by atoms with E-state index in [4.69, 9.17) is 14.6 Å². The van der Waals surface area contributed by atoms with Crippen molar-refractivity contribution in [1.29, 1.82) is 0 Å². The standard InChI is InChI=1S/C17H27NO3/c1-20-15-10-8-14(9-11-15)18-16(6-3-2-4-12-19)17-7-5-13-21-17/h8-11,16-19H,2-7,12-13H2,1H3. The zero-order chi connectivity index (χ0) is 14.9. The third kappa shape index (κ3) is 5.21. The first kappa shape index (κ1) is 16.1. The molecule has 0 aliphatic carbocycles. The number of methoxy groups -OCH3 is 1. The van der Waals surface area contributed by atoms with Crippen molar-refractivity contribution >= 4 is 5.69 Å². The summed E-state index contributed by atoms with van der Waals surface area (Å²) in [5, 5.41) is 12.5. The number of nitrogens with one attached hydrogen (secondary N) is 1. The summed E-state index contributed by atoms with van der Waals surface area (Å²) >= 11 is 0. The highest BCUT2D eigenvalue weighted by Gasteiger charge is 2.25. The van der Waals surface area contributed by atoms with Crippen LogP contribution in [0.15, 0.2) is 24.3 Å². The molecule has 0 bridgehead atoms. The van der Waals surface area contributed by atoms with Crippen LogP contribution in [-0.4, -0.2) is 37.6 Å². The molecule has 1 aliphatic heterocycles. The SMILES string of the molecule is COc1ccc(NC(CCCCCO)C2CCCO2)cc1. The van der Waals surface area contributed by atoms with Gasteiger partial charge in [-0.1, -0.05) is 12.8 Å². The van der Waals surface area contributed by atoms with Crippen molar-refractivity contribution in [2.45, 2.75) is 50.7 Å². The molecule has 4 heteroatoms. The van der Waals surface area contributed by atoms with Gasteiger partial charge in [0.2, 0.25) is 0 Å². The average Bonchev–Trinajstić information content (AvgIpc) is 3.05. The molecule has 4 nitrogen and oxygen atoms in total. The molecule has 1 saturated heterocycles. The molecule has 2 unspecified atom stereocenters. The van der Waals surface area contributed by atoms with Crippen LogP contribution in [0.1, 0.15) is 38.5 Å². The van der Waals surface area contributed by atoms with Crippen molar-refractivity contribution < 1.29 is 14.6 Å². The van der Waals surface area contributed by atoms with E-state index in [0.29, 0.717) is 12.1 Å². The summed E-state index contributed by atoms with van der Waals surface area (Å²) < 4.78 is 11.0. The van der Waals surface area contributed by atoms with Crippen molar-refractivity contribution in [3.63, 3.8) is 0 Å². The van der Waals surface area contributed by atoms with Gasteiger partial charge in [-0.05, 0) is 49.9 Å². The molecular weight excluding hydrogens is 266 g/mol. The molecule has 0 amide bonds. The Kier molecular flexibility index (Phi) is 6.83. The largest absolute Gasteiger partial charge is 0.497 e. The van der Waals surface area contributed by atoms with Gasteiger partial charge in [0.15, 0.2) is 0 Å². The Balaban J connectivity index is 1.90. The lowest BCUT2D eigenvalue weighted by Gasteiger charge is -2.25. The van der Waals surface area contributed by atoms with Gasteiger partial charge in [-0.25, -0.2) is 0 Å². The molecule has 21 heavy (non-hydrogen) atoms. The highest BCUT2D eigenvalue weighted by atomic mass is 16.5. The second-order valence-corrected chi connectivity index (χ2v) is 5.60. The lowest BCUT2D eigenvalue weighted by atomic mass is 10.0. The summed E-state index contributed by atoms with van der Waals surface area (Å²) in [6, 6.07) is 8.39. The molecule has 2 atom stereocenters. The van der Waals surface area contributed by atoms with Gasteiger partial charge in [-0.15, -0.1) is 0 Å². The van der Waals surface area contributed by atoms with Crippen molar-refractivity contribution in [3.8, 4) is 5.75 Å². The van der Waals surface area contributed by atoms with Gasteiger partial charge in [0.25, 0.3) is 0 Å². The minimum atomic E-state index is 0.288. The number of anilines is 1. The summed E-state index contributed by atoms with van der Waals surface area (Å²) in [5.74, 6) is 0.872. The van der Waals surface area contributed by atoms with Crippen molar-refractivity contribution in [2.75, 3.05) is 25.6 Å². The molecule has 1 aromatic rings. The lowest BCUT2D eigenvalue weighted by Crippen LogP contribution is -2.33. The molecule has 2 N–H and O–H groups in total. The second kappa shape index (κ2) is 8.90. The van der Waals surface area contributed by atoms with Crippen LogP contribution in [0, 0.1) is 0 Å². The highest BCUT2D eigenvalue weighted by Crippen LogP contribution is 2.24. The van der Waals surface area contributed by atoms with Crippen molar-refractivity contribution in [1.82, 2.24) is 0 Å². The van der Waals surface area contributed by atoms with E-state index in [1.54, 1.807) is 7.11 Å². The third-order valence-electron chi connectivity index (χ3n) is 4.03. The van der Waals surface area contributed by atoms with Gasteiger partial charge < -0.3 is 19.9 Å². The monoisotopic (exact) mass is 293 g/mol. The average molecular weight is 293 g/mol. The number of ether oxygens (including phenoxy) is 2. The Bertz CT molecular complexity index is 388. The number of aliphatic hydroxyl groups is 1. The van der Waals surface area contributed by atoms with E-state index in [2.05, 4.69) is 17.4 Å². The van der Waals surface area contributed by atoms with Crippen LogP contribution in [0.2, 0.25) is 0 Å². The topological polar surface area (TPSA) is 50.7 Å². The van der Waals surface area contributed by atoms with Gasteiger partial charge in [-0.2, -0.15) is 0 Å². The van der Waals surface area contributed by atoms with Gasteiger partial charge in [-0.3, -0.25) is 0 Å². The second-order valence-electron chi connectivity index (χ2n) is 5.60. The fraction of sp³-hybridized carbons (Fsp3) is 0.647. The zero-order valence-corrected chi connectivity index (χ0v) is 12.9. The molecule has 118 valence electrons. The Hall–Kier alpha value is -1.26. The number of hydrogen-bond acceptors (Lipinski definition) is 4. The minimum absolute atomic E-state index is 0.288. The predicted molar refractivity (Wildman–Crippen MR) is 84.9 cm³/mol. The third-order valence-corrected chi connectivity index (χ3v) is 4.03. The minimum Gasteiger partial charge on any atom is -0.497 e. The molecule has 1 fully saturated rings. The quantitative estimate of drug-likeness (QED) is 0.686. The summed E-state index contributed by atoms with van der Waals surface area (Å²) in [5.41, 5.74) is 1.11. The molecule has 1 aliphatic rings. The number of rotatable bonds is 9. The highest BCUT2D eigenvalue weighted by molar-refractivity contribution is 5.47. The summed E-state index contributed by atoms with van der Waals surface area (Å²) in [4.78, 5) is 0. The first-order chi connectivity index (χ1) is 10.3. The van der Waals surface area contributed by atoms with Crippen LogP contribution in [0.4, 0.5) is 5.69 Å². The normalized spacial score (nSPS) is 19.4. The fourth-order valence-electron chi connectivity index (χ4n) is 2.83. The van der Waals surface area contributed by atoms with Crippen molar-refractivity contribution in [3.05, 3.63) is 24.3 Å². The van der Waals surface area contributed by atoms with Crippen LogP contribution in [0.3, 0.4) is 0 Å². The number of aliphatic hydroxyl groups excluding tert-OH is 1. The van der Waals surface area contributed by atoms with E-state index in [0.717, 1.165) is 56.6 Å². The van der Waals surface area contributed by atoms with Gasteiger partial charge in [0.05, 0.1) is 19.3 Å². The molecule has 1 heterocycles. The van der Waals surface area contributed by atoms with Gasteiger partial charge >= 0.3 is 0 Å². The summed E-state index contributed by atoms with van der Waals surface area (Å²) in [6.45, 7) is 1.17. The molecule has 0 aromatic heterocycles. The van der Waals surface area contributed by atoms with E-state index in [1.807, 2.05) is 12.1 Å². The molecule has 0 radical (unpaired) electrons. The Morgan fingerprint density at radius 1 is 1.29 bits per heavy atom. The maximum absolute atomic E-state index is 8.88. The van der Waals surface area contributed by atoms with E-state index in [9.17, 15) is 0 Å². The first-order valence-electron chi connectivity index (χ1n) is 7.96. The molecule has 1 aromatic carbocycles. The molecule has 2 rings (SSSR count). The van der Waals surface area contributed by atoms with Gasteiger partial charge in [0.1, 0.15) is 5.75 Å². The first-order valence-corrected chi connectivity index (χ1v) is 7.96. The Morgan fingerprint density at radius 2 is 2.10 bits per heavy atom.